The summed E-state index contributed by atoms with van der Waals surface area (Å²) < 4.78 is 3.28. The van der Waals surface area contributed by atoms with Crippen molar-refractivity contribution in [1.82, 2.24) is 9.47 Å². The van der Waals surface area contributed by atoms with E-state index in [1.165, 1.54) is 5.56 Å². The number of halogens is 1. The first kappa shape index (κ1) is 19.5. The molecule has 0 fully saturated rings. The van der Waals surface area contributed by atoms with Gasteiger partial charge in [-0.15, -0.1) is 6.58 Å². The second-order valence-electron chi connectivity index (χ2n) is 7.55. The molecule has 0 bridgehead atoms. The lowest BCUT2D eigenvalue weighted by Gasteiger charge is -2.26. The zero-order valence-corrected chi connectivity index (χ0v) is 16.9. The van der Waals surface area contributed by atoms with E-state index >= 15 is 0 Å². The monoisotopic (exact) mass is 402 g/mol. The fourth-order valence-electron chi connectivity index (χ4n) is 2.71. The Balaban J connectivity index is 2.12. The normalized spacial score (nSPS) is 11.4. The van der Waals surface area contributed by atoms with Crippen LogP contribution in [0.25, 0.3) is 0 Å². The Hall–Kier alpha value is -1.81. The summed E-state index contributed by atoms with van der Waals surface area (Å²) in [5, 5.41) is 0. The third-order valence-electron chi connectivity index (χ3n) is 3.93. The van der Waals surface area contributed by atoms with Gasteiger partial charge in [-0.2, -0.15) is 0 Å². The number of benzene rings is 1. The van der Waals surface area contributed by atoms with Crippen molar-refractivity contribution in [2.45, 2.75) is 40.3 Å². The number of aromatic nitrogens is 1. The van der Waals surface area contributed by atoms with E-state index in [1.54, 1.807) is 6.08 Å². The average molecular weight is 403 g/mol. The van der Waals surface area contributed by atoms with Crippen LogP contribution in [0.3, 0.4) is 0 Å². The molecule has 1 aromatic heterocycles. The maximum Gasteiger partial charge on any atom is 0.223 e. The van der Waals surface area contributed by atoms with E-state index in [2.05, 4.69) is 84.4 Å². The zero-order chi connectivity index (χ0) is 18.4. The van der Waals surface area contributed by atoms with Crippen LogP contribution in [0.1, 0.15) is 38.4 Å². The summed E-state index contributed by atoms with van der Waals surface area (Å²) >= 11 is 3.47. The van der Waals surface area contributed by atoms with E-state index in [-0.39, 0.29) is 11.3 Å². The highest BCUT2D eigenvalue weighted by Gasteiger charge is 2.21. The number of hydrogen-bond acceptors (Lipinski definition) is 1. The summed E-state index contributed by atoms with van der Waals surface area (Å²) in [5.74, 6) is 0.170. The van der Waals surface area contributed by atoms with Gasteiger partial charge in [-0.25, -0.2) is 0 Å². The van der Waals surface area contributed by atoms with Crippen LogP contribution >= 0.6 is 15.9 Å². The van der Waals surface area contributed by atoms with Gasteiger partial charge in [0.1, 0.15) is 0 Å². The Morgan fingerprint density at radius 3 is 2.52 bits per heavy atom. The van der Waals surface area contributed by atoms with Crippen LogP contribution in [-0.2, 0) is 17.9 Å². The highest BCUT2D eigenvalue weighted by atomic mass is 79.9. The van der Waals surface area contributed by atoms with Crippen molar-refractivity contribution in [2.75, 3.05) is 6.54 Å². The molecule has 4 heteroatoms. The predicted molar refractivity (Wildman–Crippen MR) is 107 cm³/mol. The van der Waals surface area contributed by atoms with Crippen LogP contribution in [0.4, 0.5) is 0 Å². The standard InChI is InChI=1S/C21H27BrN2O/c1-5-12-24(20(25)14-21(2,3)4)16-19-7-6-13-23(19)15-17-8-10-18(22)11-9-17/h5-11,13H,1,12,14-16H2,2-4H3. The van der Waals surface area contributed by atoms with E-state index in [0.717, 1.165) is 16.7 Å². The Morgan fingerprint density at radius 1 is 1.24 bits per heavy atom. The van der Waals surface area contributed by atoms with Gasteiger partial charge in [0.15, 0.2) is 0 Å². The largest absolute Gasteiger partial charge is 0.345 e. The molecular weight excluding hydrogens is 376 g/mol. The van der Waals surface area contributed by atoms with E-state index in [0.29, 0.717) is 19.5 Å². The fourth-order valence-corrected chi connectivity index (χ4v) is 2.97. The number of nitrogens with zero attached hydrogens (tertiary/aromatic N) is 2. The van der Waals surface area contributed by atoms with Crippen LogP contribution in [0.2, 0.25) is 0 Å². The van der Waals surface area contributed by atoms with E-state index in [1.807, 2.05) is 11.0 Å². The van der Waals surface area contributed by atoms with Crippen LogP contribution in [0.15, 0.2) is 59.7 Å². The summed E-state index contributed by atoms with van der Waals surface area (Å²) in [6.45, 7) is 12.0. The van der Waals surface area contributed by atoms with Crippen molar-refractivity contribution in [3.8, 4) is 0 Å². The van der Waals surface area contributed by atoms with E-state index in [4.69, 9.17) is 0 Å². The molecule has 0 aliphatic carbocycles. The molecule has 2 rings (SSSR count). The first-order chi connectivity index (χ1) is 11.8. The minimum absolute atomic E-state index is 0.0179. The Labute approximate surface area is 159 Å². The van der Waals surface area contributed by atoms with Crippen molar-refractivity contribution in [2.24, 2.45) is 5.41 Å². The molecule has 0 saturated carbocycles. The third kappa shape index (κ3) is 6.20. The molecule has 2 aromatic rings. The third-order valence-corrected chi connectivity index (χ3v) is 4.45. The average Bonchev–Trinajstić information content (AvgIpc) is 2.94. The molecule has 1 heterocycles. The lowest BCUT2D eigenvalue weighted by atomic mass is 9.91. The van der Waals surface area contributed by atoms with Gasteiger partial charge in [0.05, 0.1) is 6.54 Å². The van der Waals surface area contributed by atoms with Gasteiger partial charge < -0.3 is 9.47 Å². The number of carbonyl (C=O) groups excluding carboxylic acids is 1. The van der Waals surface area contributed by atoms with Gasteiger partial charge in [0.2, 0.25) is 5.91 Å². The van der Waals surface area contributed by atoms with Crippen LogP contribution in [0.5, 0.6) is 0 Å². The van der Waals surface area contributed by atoms with Gasteiger partial charge in [-0.3, -0.25) is 4.79 Å². The Bertz CT molecular complexity index is 710. The van der Waals surface area contributed by atoms with Gasteiger partial charge >= 0.3 is 0 Å². The summed E-state index contributed by atoms with van der Waals surface area (Å²) in [6.07, 6.45) is 4.40. The van der Waals surface area contributed by atoms with E-state index in [9.17, 15) is 4.79 Å². The Kier molecular flexibility index (Phi) is 6.65. The van der Waals surface area contributed by atoms with Crippen LogP contribution < -0.4 is 0 Å². The second kappa shape index (κ2) is 8.52. The Morgan fingerprint density at radius 2 is 1.92 bits per heavy atom. The van der Waals surface area contributed by atoms with E-state index < -0.39 is 0 Å². The maximum absolute atomic E-state index is 12.6. The second-order valence-corrected chi connectivity index (χ2v) is 8.47. The summed E-state index contributed by atoms with van der Waals surface area (Å²) in [5.41, 5.74) is 2.35. The van der Waals surface area contributed by atoms with Crippen molar-refractivity contribution < 1.29 is 4.79 Å². The van der Waals surface area contributed by atoms with Crippen molar-refractivity contribution in [3.05, 3.63) is 71.0 Å². The molecule has 0 saturated heterocycles. The van der Waals surface area contributed by atoms with Crippen molar-refractivity contribution >= 4 is 21.8 Å². The molecule has 1 aromatic carbocycles. The number of amides is 1. The minimum atomic E-state index is -0.0179. The lowest BCUT2D eigenvalue weighted by Crippen LogP contribution is -2.34. The molecule has 1 amide bonds. The van der Waals surface area contributed by atoms with Crippen molar-refractivity contribution in [3.63, 3.8) is 0 Å². The quantitative estimate of drug-likeness (QED) is 0.580. The van der Waals surface area contributed by atoms with Gasteiger partial charge in [0, 0.05) is 35.9 Å². The predicted octanol–water partition coefficient (Wildman–Crippen LogP) is 5.25. The first-order valence-electron chi connectivity index (χ1n) is 8.55. The first-order valence-corrected chi connectivity index (χ1v) is 9.35. The fraction of sp³-hybridized carbons (Fsp3) is 0.381. The molecule has 134 valence electrons. The lowest BCUT2D eigenvalue weighted by molar-refractivity contribution is -0.133. The maximum atomic E-state index is 12.6. The highest BCUT2D eigenvalue weighted by molar-refractivity contribution is 9.10. The molecule has 0 radical (unpaired) electrons. The van der Waals surface area contributed by atoms with Gasteiger partial charge in [0.25, 0.3) is 0 Å². The summed E-state index contributed by atoms with van der Waals surface area (Å²) in [4.78, 5) is 14.5. The smallest absolute Gasteiger partial charge is 0.223 e. The van der Waals surface area contributed by atoms with Gasteiger partial charge in [-0.05, 0) is 35.2 Å². The van der Waals surface area contributed by atoms with Crippen LogP contribution in [-0.4, -0.2) is 21.9 Å². The molecule has 3 nitrogen and oxygen atoms in total. The van der Waals surface area contributed by atoms with Gasteiger partial charge in [-0.1, -0.05) is 54.9 Å². The molecule has 25 heavy (non-hydrogen) atoms. The molecule has 0 unspecified atom stereocenters. The number of hydrogen-bond donors (Lipinski definition) is 0. The van der Waals surface area contributed by atoms with Crippen LogP contribution in [0, 0.1) is 5.41 Å². The summed E-state index contributed by atoms with van der Waals surface area (Å²) in [7, 11) is 0. The molecule has 0 atom stereocenters. The minimum Gasteiger partial charge on any atom is -0.345 e. The molecular formula is C21H27BrN2O. The SMILES string of the molecule is C=CCN(Cc1cccn1Cc1ccc(Br)cc1)C(=O)CC(C)(C)C. The molecule has 0 N–H and O–H groups in total. The number of rotatable bonds is 7. The molecule has 0 aliphatic rings. The zero-order valence-electron chi connectivity index (χ0n) is 15.3. The topological polar surface area (TPSA) is 25.2 Å². The molecule has 0 aliphatic heterocycles. The number of carbonyl (C=O) groups is 1. The molecule has 0 spiro atoms. The van der Waals surface area contributed by atoms with Crippen molar-refractivity contribution in [1.29, 1.82) is 0 Å². The summed E-state index contributed by atoms with van der Waals surface area (Å²) in [6, 6.07) is 12.4. The highest BCUT2D eigenvalue weighted by Crippen LogP contribution is 2.21.